The molecule has 0 N–H and O–H groups in total. The first-order valence-corrected chi connectivity index (χ1v) is 6.37. The highest BCUT2D eigenvalue weighted by Gasteiger charge is 2.34. The summed E-state index contributed by atoms with van der Waals surface area (Å²) >= 11 is 1.74. The van der Waals surface area contributed by atoms with Crippen molar-refractivity contribution < 1.29 is 4.79 Å². The van der Waals surface area contributed by atoms with Crippen LogP contribution >= 0.6 is 11.8 Å². The van der Waals surface area contributed by atoms with Gasteiger partial charge in [-0.1, -0.05) is 44.2 Å². The molecule has 0 fully saturated rings. The maximum absolute atomic E-state index is 11.6. The topological polar surface area (TPSA) is 17.1 Å². The van der Waals surface area contributed by atoms with Gasteiger partial charge in [0.1, 0.15) is 5.78 Å². The van der Waals surface area contributed by atoms with Gasteiger partial charge in [-0.3, -0.25) is 4.79 Å². The first-order chi connectivity index (χ1) is 7.00. The minimum absolute atomic E-state index is 0.233. The molecule has 2 heteroatoms. The second kappa shape index (κ2) is 4.84. The monoisotopic (exact) mass is 222 g/mol. The van der Waals surface area contributed by atoms with Gasteiger partial charge in [0.25, 0.3) is 0 Å². The molecule has 0 bridgehead atoms. The van der Waals surface area contributed by atoms with Gasteiger partial charge in [0.2, 0.25) is 0 Å². The predicted molar refractivity (Wildman–Crippen MR) is 67.2 cm³/mol. The van der Waals surface area contributed by atoms with Gasteiger partial charge in [-0.25, -0.2) is 0 Å². The van der Waals surface area contributed by atoms with Gasteiger partial charge < -0.3 is 0 Å². The van der Waals surface area contributed by atoms with Gasteiger partial charge >= 0.3 is 0 Å². The van der Waals surface area contributed by atoms with E-state index in [1.54, 1.807) is 18.7 Å². The molecule has 0 saturated carbocycles. The van der Waals surface area contributed by atoms with Gasteiger partial charge in [-0.05, 0) is 18.7 Å². The molecule has 0 aliphatic rings. The van der Waals surface area contributed by atoms with Crippen LogP contribution in [0, 0.1) is 5.41 Å². The second-order valence-electron chi connectivity index (χ2n) is 4.30. The van der Waals surface area contributed by atoms with Gasteiger partial charge in [-0.2, -0.15) is 11.8 Å². The highest BCUT2D eigenvalue weighted by atomic mass is 32.2. The Morgan fingerprint density at radius 1 is 1.27 bits per heavy atom. The molecule has 0 radical (unpaired) electrons. The van der Waals surface area contributed by atoms with Gasteiger partial charge in [-0.15, -0.1) is 0 Å². The molecule has 0 aliphatic carbocycles. The van der Waals surface area contributed by atoms with E-state index in [2.05, 4.69) is 18.4 Å². The maximum Gasteiger partial charge on any atom is 0.136 e. The fourth-order valence-corrected chi connectivity index (χ4v) is 2.84. The Morgan fingerprint density at radius 2 is 1.80 bits per heavy atom. The smallest absolute Gasteiger partial charge is 0.136 e. The summed E-state index contributed by atoms with van der Waals surface area (Å²) in [6, 6.07) is 10.2. The van der Waals surface area contributed by atoms with Crippen LogP contribution < -0.4 is 0 Å². The number of hydrogen-bond acceptors (Lipinski definition) is 2. The lowest BCUT2D eigenvalue weighted by Crippen LogP contribution is -2.27. The van der Waals surface area contributed by atoms with Gasteiger partial charge in [0, 0.05) is 10.7 Å². The average molecular weight is 222 g/mol. The fraction of sp³-hybridized carbons (Fsp3) is 0.462. The Bertz CT molecular complexity index is 330. The standard InChI is InChI=1S/C13H18OS/c1-10(14)13(2,3)12(15-4)11-8-6-5-7-9-11/h5-9,12H,1-4H3. The minimum Gasteiger partial charge on any atom is -0.299 e. The van der Waals surface area contributed by atoms with Crippen molar-refractivity contribution in [2.45, 2.75) is 26.0 Å². The lowest BCUT2D eigenvalue weighted by molar-refractivity contribution is -0.124. The third-order valence-corrected chi connectivity index (χ3v) is 4.23. The molecule has 0 aliphatic heterocycles. The molecule has 1 aromatic rings. The van der Waals surface area contributed by atoms with Crippen molar-refractivity contribution in [3.8, 4) is 0 Å². The van der Waals surface area contributed by atoms with E-state index in [4.69, 9.17) is 0 Å². The van der Waals surface area contributed by atoms with Crippen molar-refractivity contribution in [2.75, 3.05) is 6.26 Å². The maximum atomic E-state index is 11.6. The van der Waals surface area contributed by atoms with Crippen molar-refractivity contribution in [2.24, 2.45) is 5.41 Å². The van der Waals surface area contributed by atoms with Crippen LogP contribution in [0.15, 0.2) is 30.3 Å². The second-order valence-corrected chi connectivity index (χ2v) is 5.25. The van der Waals surface area contributed by atoms with E-state index in [9.17, 15) is 4.79 Å². The SMILES string of the molecule is CSC(c1ccccc1)C(C)(C)C(C)=O. The summed E-state index contributed by atoms with van der Waals surface area (Å²) in [6.45, 7) is 5.71. The summed E-state index contributed by atoms with van der Waals surface area (Å²) in [7, 11) is 0. The molecule has 1 rings (SSSR count). The summed E-state index contributed by atoms with van der Waals surface area (Å²) in [5.74, 6) is 0.241. The van der Waals surface area contributed by atoms with Crippen LogP contribution in [0.3, 0.4) is 0 Å². The first kappa shape index (κ1) is 12.3. The molecule has 1 unspecified atom stereocenters. The Hall–Kier alpha value is -0.760. The van der Waals surface area contributed by atoms with Crippen LogP contribution in [-0.4, -0.2) is 12.0 Å². The largest absolute Gasteiger partial charge is 0.299 e. The van der Waals surface area contributed by atoms with E-state index in [1.807, 2.05) is 32.0 Å². The quantitative estimate of drug-likeness (QED) is 0.772. The number of Topliss-reactive ketones (excluding diaryl/α,β-unsaturated/α-hetero) is 1. The molecule has 0 spiro atoms. The average Bonchev–Trinajstić information content (AvgIpc) is 2.19. The van der Waals surface area contributed by atoms with Crippen molar-refractivity contribution in [3.05, 3.63) is 35.9 Å². The zero-order valence-corrected chi connectivity index (χ0v) is 10.6. The zero-order valence-electron chi connectivity index (χ0n) is 9.78. The third-order valence-electron chi connectivity index (χ3n) is 2.90. The Morgan fingerprint density at radius 3 is 2.20 bits per heavy atom. The number of carbonyl (C=O) groups excluding carboxylic acids is 1. The van der Waals surface area contributed by atoms with Crippen LogP contribution in [0.4, 0.5) is 0 Å². The van der Waals surface area contributed by atoms with Crippen LogP contribution in [0.5, 0.6) is 0 Å². The fourth-order valence-electron chi connectivity index (χ4n) is 1.66. The van der Waals surface area contributed by atoms with Crippen molar-refractivity contribution in [1.29, 1.82) is 0 Å². The predicted octanol–water partition coefficient (Wildman–Crippen LogP) is 3.71. The lowest BCUT2D eigenvalue weighted by atomic mass is 9.82. The first-order valence-electron chi connectivity index (χ1n) is 5.09. The molecule has 15 heavy (non-hydrogen) atoms. The van der Waals surface area contributed by atoms with E-state index in [1.165, 1.54) is 5.56 Å². The summed E-state index contributed by atoms with van der Waals surface area (Å²) in [4.78, 5) is 11.6. The summed E-state index contributed by atoms with van der Waals surface area (Å²) in [6.07, 6.45) is 2.06. The number of carbonyl (C=O) groups is 1. The molecular weight excluding hydrogens is 204 g/mol. The van der Waals surface area contributed by atoms with Crippen molar-refractivity contribution >= 4 is 17.5 Å². The lowest BCUT2D eigenvalue weighted by Gasteiger charge is -2.31. The molecule has 0 saturated heterocycles. The molecule has 0 amide bonds. The van der Waals surface area contributed by atoms with E-state index < -0.39 is 0 Å². The van der Waals surface area contributed by atoms with Crippen molar-refractivity contribution in [3.63, 3.8) is 0 Å². The molecule has 1 nitrogen and oxygen atoms in total. The number of benzene rings is 1. The number of rotatable bonds is 4. The highest BCUT2D eigenvalue weighted by Crippen LogP contribution is 2.43. The summed E-state index contributed by atoms with van der Waals surface area (Å²) in [5, 5.41) is 0.233. The Balaban J connectivity index is 3.05. The molecule has 1 aromatic carbocycles. The van der Waals surface area contributed by atoms with E-state index in [-0.39, 0.29) is 16.4 Å². The highest BCUT2D eigenvalue weighted by molar-refractivity contribution is 7.98. The van der Waals surface area contributed by atoms with Crippen LogP contribution in [0.1, 0.15) is 31.6 Å². The van der Waals surface area contributed by atoms with Crippen molar-refractivity contribution in [1.82, 2.24) is 0 Å². The normalized spacial score (nSPS) is 13.6. The van der Waals surface area contributed by atoms with Crippen LogP contribution in [-0.2, 0) is 4.79 Å². The number of ketones is 1. The van der Waals surface area contributed by atoms with E-state index >= 15 is 0 Å². The van der Waals surface area contributed by atoms with E-state index in [0.717, 1.165) is 0 Å². The molecule has 0 aromatic heterocycles. The van der Waals surface area contributed by atoms with Crippen LogP contribution in [0.2, 0.25) is 0 Å². The van der Waals surface area contributed by atoms with Gasteiger partial charge in [0.15, 0.2) is 0 Å². The summed E-state index contributed by atoms with van der Waals surface area (Å²) in [5.41, 5.74) is 0.922. The Kier molecular flexibility index (Phi) is 3.97. The molecule has 82 valence electrons. The molecule has 1 atom stereocenters. The Labute approximate surface area is 96.3 Å². The number of hydrogen-bond donors (Lipinski definition) is 0. The summed E-state index contributed by atoms with van der Waals surface area (Å²) < 4.78 is 0. The minimum atomic E-state index is -0.305. The van der Waals surface area contributed by atoms with E-state index in [0.29, 0.717) is 0 Å². The van der Waals surface area contributed by atoms with Gasteiger partial charge in [0.05, 0.1) is 0 Å². The molecular formula is C13H18OS. The number of thioether (sulfide) groups is 1. The zero-order chi connectivity index (χ0) is 11.5. The van der Waals surface area contributed by atoms with Crippen LogP contribution in [0.25, 0.3) is 0 Å². The molecule has 0 heterocycles. The third kappa shape index (κ3) is 2.63.